The van der Waals surface area contributed by atoms with Crippen LogP contribution in [0, 0.1) is 6.20 Å². The van der Waals surface area contributed by atoms with Crippen LogP contribution in [-0.2, 0) is 17.3 Å². The number of aromatic nitrogens is 1. The number of halogens is 1. The topological polar surface area (TPSA) is 15.8 Å². The number of rotatable bonds is 0. The summed E-state index contributed by atoms with van der Waals surface area (Å²) in [6, 6.07) is 10.1. The van der Waals surface area contributed by atoms with E-state index in [1.165, 1.54) is 5.39 Å². The van der Waals surface area contributed by atoms with Crippen molar-refractivity contribution in [3.63, 3.8) is 0 Å². The summed E-state index contributed by atoms with van der Waals surface area (Å²) in [6.07, 6.45) is 2.91. The molecule has 0 aliphatic heterocycles. The van der Waals surface area contributed by atoms with Crippen molar-refractivity contribution >= 4 is 20.6 Å². The van der Waals surface area contributed by atoms with Crippen molar-refractivity contribution in [1.82, 2.24) is 4.98 Å². The molecule has 11 heavy (non-hydrogen) atoms. The summed E-state index contributed by atoms with van der Waals surface area (Å²) < 4.78 is 0. The average Bonchev–Trinajstić information content (AvgIpc) is 2.55. The van der Waals surface area contributed by atoms with Gasteiger partial charge in [-0.3, -0.25) is 0 Å². The summed E-state index contributed by atoms with van der Waals surface area (Å²) in [6.45, 7) is 0. The molecule has 1 heterocycles. The van der Waals surface area contributed by atoms with E-state index in [0.29, 0.717) is 0 Å². The Hall–Kier alpha value is -0.327. The first kappa shape index (κ1) is 8.77. The predicted molar refractivity (Wildman–Crippen MR) is 43.0 cm³/mol. The van der Waals surface area contributed by atoms with Crippen molar-refractivity contribution in [3.8, 4) is 0 Å². The van der Waals surface area contributed by atoms with Crippen molar-refractivity contribution in [2.45, 2.75) is 0 Å². The number of hydrogen-bond acceptors (Lipinski definition) is 0. The van der Waals surface area contributed by atoms with E-state index in [2.05, 4.69) is 17.2 Å². The molecule has 0 fully saturated rings. The Balaban J connectivity index is 0.000000281. The molecule has 1 nitrogen and oxygen atoms in total. The van der Waals surface area contributed by atoms with Gasteiger partial charge in [-0.05, 0) is 0 Å². The smallest absolute Gasteiger partial charge is 0.0745 e. The first-order valence-corrected chi connectivity index (χ1v) is 7.07. The summed E-state index contributed by atoms with van der Waals surface area (Å²) in [5.74, 6) is 0. The van der Waals surface area contributed by atoms with Crippen LogP contribution < -0.4 is 0 Å². The number of H-pyrrole nitrogens is 1. The number of benzene rings is 1. The van der Waals surface area contributed by atoms with Crippen LogP contribution in [0.3, 0.4) is 0 Å². The molecule has 2 rings (SSSR count). The van der Waals surface area contributed by atoms with Gasteiger partial charge in [-0.25, -0.2) is 0 Å². The molecule has 0 saturated heterocycles. The number of para-hydroxylation sites is 1. The van der Waals surface area contributed by atoms with E-state index in [4.69, 9.17) is 9.69 Å². The molecule has 0 radical (unpaired) electrons. The molecule has 1 aromatic heterocycles. The summed E-state index contributed by atoms with van der Waals surface area (Å²) >= 11 is 0.847. The number of nitrogens with one attached hydrogen (secondary N) is 1. The van der Waals surface area contributed by atoms with Gasteiger partial charge in [-0.1, -0.05) is 12.1 Å². The number of aromatic amines is 1. The summed E-state index contributed by atoms with van der Waals surface area (Å²) in [7, 11) is 4.76. The Kier molecular flexibility index (Phi) is 3.61. The minimum Gasteiger partial charge on any atom is -0.477 e. The van der Waals surface area contributed by atoms with Crippen LogP contribution in [0.25, 0.3) is 10.9 Å². The normalized spacial score (nSPS) is 9.00. The van der Waals surface area contributed by atoms with Gasteiger partial charge in [-0.2, -0.15) is 11.5 Å². The van der Waals surface area contributed by atoms with Crippen LogP contribution in [0.2, 0.25) is 0 Å². The maximum absolute atomic E-state index is 4.76. The Labute approximate surface area is 79.5 Å². The van der Waals surface area contributed by atoms with E-state index in [-0.39, 0.29) is 0 Å². The van der Waals surface area contributed by atoms with Crippen LogP contribution in [0.5, 0.6) is 0 Å². The number of hydrogen-bond donors (Lipinski definition) is 1. The first-order valence-electron chi connectivity index (χ1n) is 3.17. The third kappa shape index (κ3) is 2.05. The molecule has 3 heteroatoms. The van der Waals surface area contributed by atoms with E-state index in [1.54, 1.807) is 0 Å². The van der Waals surface area contributed by atoms with Gasteiger partial charge >= 0.3 is 27.0 Å². The third-order valence-electron chi connectivity index (χ3n) is 1.40. The first-order chi connectivity index (χ1) is 5.47. The second kappa shape index (κ2) is 4.53. The van der Waals surface area contributed by atoms with Crippen LogP contribution in [-0.4, -0.2) is 4.98 Å². The van der Waals surface area contributed by atoms with Crippen molar-refractivity contribution in [1.29, 1.82) is 0 Å². The molecule has 0 spiro atoms. The summed E-state index contributed by atoms with van der Waals surface area (Å²) in [5.41, 5.74) is 1.15. The molecule has 0 atom stereocenters. The van der Waals surface area contributed by atoms with Gasteiger partial charge in [0.05, 0.1) is 0 Å². The molecule has 2 aromatic rings. The zero-order valence-corrected chi connectivity index (χ0v) is 9.69. The monoisotopic (exact) mass is 215 g/mol. The predicted octanol–water partition coefficient (Wildman–Crippen LogP) is 2.66. The van der Waals surface area contributed by atoms with Gasteiger partial charge in [0.2, 0.25) is 0 Å². The Morgan fingerprint density at radius 3 is 2.73 bits per heavy atom. The molecule has 0 bridgehead atoms. The summed E-state index contributed by atoms with van der Waals surface area (Å²) in [5, 5.41) is 1.22. The minimum absolute atomic E-state index is 0.847. The van der Waals surface area contributed by atoms with Crippen LogP contribution in [0.1, 0.15) is 0 Å². The average molecular weight is 217 g/mol. The van der Waals surface area contributed by atoms with E-state index >= 15 is 0 Å². The summed E-state index contributed by atoms with van der Waals surface area (Å²) in [4.78, 5) is 2.99. The molecular weight excluding hydrogens is 211 g/mol. The maximum atomic E-state index is 4.76. The van der Waals surface area contributed by atoms with Gasteiger partial charge < -0.3 is 4.98 Å². The fourth-order valence-electron chi connectivity index (χ4n) is 0.928. The maximum Gasteiger partial charge on any atom is -0.0745 e. The molecule has 0 aliphatic rings. The number of fused-ring (bicyclic) bond motifs is 1. The Morgan fingerprint density at radius 1 is 1.27 bits per heavy atom. The Morgan fingerprint density at radius 2 is 2.00 bits per heavy atom. The van der Waals surface area contributed by atoms with Crippen LogP contribution in [0.4, 0.5) is 0 Å². The van der Waals surface area contributed by atoms with Crippen molar-refractivity contribution in [3.05, 3.63) is 36.5 Å². The van der Waals surface area contributed by atoms with Crippen molar-refractivity contribution in [2.24, 2.45) is 0 Å². The fourth-order valence-corrected chi connectivity index (χ4v) is 0.928. The molecule has 0 aliphatic carbocycles. The van der Waals surface area contributed by atoms with Crippen molar-refractivity contribution < 1.29 is 17.3 Å². The molecular formula is C8H6ClNZn. The van der Waals surface area contributed by atoms with E-state index in [9.17, 15) is 0 Å². The van der Waals surface area contributed by atoms with Gasteiger partial charge in [0, 0.05) is 0 Å². The second-order valence-corrected chi connectivity index (χ2v) is 2.00. The van der Waals surface area contributed by atoms with Gasteiger partial charge in [0.15, 0.2) is 0 Å². The molecule has 1 N–H and O–H groups in total. The zero-order valence-electron chi connectivity index (χ0n) is 5.97. The van der Waals surface area contributed by atoms with Gasteiger partial charge in [0.1, 0.15) is 0 Å². The van der Waals surface area contributed by atoms with E-state index < -0.39 is 0 Å². The second-order valence-electron chi connectivity index (χ2n) is 2.00. The van der Waals surface area contributed by atoms with Gasteiger partial charge in [-0.15, -0.1) is 23.8 Å². The van der Waals surface area contributed by atoms with E-state index in [1.807, 2.05) is 24.3 Å². The SMILES string of the molecule is [Cl][Zn+].[c-]1cc2ccccc2[nH]1. The quantitative estimate of drug-likeness (QED) is 0.515. The molecule has 0 saturated carbocycles. The Bertz CT molecular complexity index is 288. The van der Waals surface area contributed by atoms with E-state index in [0.717, 1.165) is 22.8 Å². The molecule has 52 valence electrons. The third-order valence-corrected chi connectivity index (χ3v) is 1.40. The molecule has 1 aromatic carbocycles. The standard InChI is InChI=1S/C8H6N.ClH.Zn/c1-2-4-8-7(3-1)5-6-9-8;;/h1-5,9H;1H;/q-1;;+2/p-1. The zero-order chi connectivity index (χ0) is 8.10. The fraction of sp³-hybridized carbons (Fsp3) is 0. The van der Waals surface area contributed by atoms with Crippen LogP contribution >= 0.6 is 9.69 Å². The van der Waals surface area contributed by atoms with Crippen LogP contribution in [0.15, 0.2) is 30.3 Å². The molecule has 0 amide bonds. The minimum atomic E-state index is 0.847. The largest absolute Gasteiger partial charge is 0.477 e. The van der Waals surface area contributed by atoms with Gasteiger partial charge in [0.25, 0.3) is 0 Å². The molecule has 0 unspecified atom stereocenters. The van der Waals surface area contributed by atoms with Crippen molar-refractivity contribution in [2.75, 3.05) is 0 Å².